The van der Waals surface area contributed by atoms with Crippen LogP contribution in [0.25, 0.3) is 0 Å². The predicted octanol–water partition coefficient (Wildman–Crippen LogP) is 3.82. The number of ether oxygens (including phenoxy) is 2. The summed E-state index contributed by atoms with van der Waals surface area (Å²) in [5.41, 5.74) is 1.70. The standard InChI is InChI=1S/C18H19O3.Pb/c1-2-3-11-20-18-12-16(13-19)9-10-17(18)21-14-15-7-5-4-6-8-15;/h4-10,12-13H,1-3,11,14H2;. The minimum atomic E-state index is 0.484. The van der Waals surface area contributed by atoms with Crippen molar-refractivity contribution in [3.8, 4) is 11.5 Å². The number of rotatable bonds is 9. The van der Waals surface area contributed by atoms with Gasteiger partial charge in [-0.1, -0.05) is 6.07 Å². The first-order valence-corrected chi connectivity index (χ1v) is 10.1. The number of carbonyl (C=O) groups is 1. The van der Waals surface area contributed by atoms with Crippen LogP contribution in [0.5, 0.6) is 11.5 Å². The summed E-state index contributed by atoms with van der Waals surface area (Å²) >= 11 is 1.23. The van der Waals surface area contributed by atoms with Crippen molar-refractivity contribution in [2.45, 2.75) is 23.4 Å². The number of aldehydes is 1. The molecule has 0 spiro atoms. The van der Waals surface area contributed by atoms with Gasteiger partial charge >= 0.3 is 141 Å². The summed E-state index contributed by atoms with van der Waals surface area (Å²) in [5.74, 6) is 1.33. The molecule has 113 valence electrons. The first-order chi connectivity index (χ1) is 10.8. The molecule has 0 amide bonds. The number of benzene rings is 2. The fourth-order valence-electron chi connectivity index (χ4n) is 1.97. The maximum atomic E-state index is 10.9. The molecule has 2 aromatic carbocycles. The van der Waals surface area contributed by atoms with E-state index < -0.39 is 0 Å². The summed E-state index contributed by atoms with van der Waals surface area (Å²) in [6.07, 6.45) is 3.05. The third-order valence-electron chi connectivity index (χ3n) is 3.17. The van der Waals surface area contributed by atoms with Gasteiger partial charge in [-0.2, -0.15) is 0 Å². The first kappa shape index (κ1) is 17.0. The molecule has 3 radical (unpaired) electrons. The van der Waals surface area contributed by atoms with E-state index in [-0.39, 0.29) is 0 Å². The van der Waals surface area contributed by atoms with Gasteiger partial charge in [-0.25, -0.2) is 0 Å². The van der Waals surface area contributed by atoms with Crippen molar-refractivity contribution in [3.05, 3.63) is 59.7 Å². The molecule has 0 N–H and O–H groups in total. The van der Waals surface area contributed by atoms with Gasteiger partial charge in [-0.15, -0.1) is 0 Å². The Morgan fingerprint density at radius 1 is 0.955 bits per heavy atom. The summed E-state index contributed by atoms with van der Waals surface area (Å²) in [4.78, 5) is 10.9. The molecule has 0 unspecified atom stereocenters. The van der Waals surface area contributed by atoms with Crippen LogP contribution in [0.1, 0.15) is 28.8 Å². The average molecular weight is 491 g/mol. The zero-order chi connectivity index (χ0) is 15.6. The molecule has 0 saturated heterocycles. The van der Waals surface area contributed by atoms with Gasteiger partial charge in [-0.05, 0) is 0 Å². The van der Waals surface area contributed by atoms with E-state index >= 15 is 0 Å². The Balaban J connectivity index is 2.03. The molecule has 0 saturated carbocycles. The van der Waals surface area contributed by atoms with Crippen LogP contribution >= 0.6 is 0 Å². The Morgan fingerprint density at radius 2 is 1.77 bits per heavy atom. The number of hydrogen-bond donors (Lipinski definition) is 0. The Morgan fingerprint density at radius 3 is 2.50 bits per heavy atom. The van der Waals surface area contributed by atoms with E-state index in [0.29, 0.717) is 30.3 Å². The fourth-order valence-corrected chi connectivity index (χ4v) is 2.95. The molecule has 22 heavy (non-hydrogen) atoms. The molecule has 2 rings (SSSR count). The van der Waals surface area contributed by atoms with Crippen molar-refractivity contribution in [2.75, 3.05) is 6.61 Å². The van der Waals surface area contributed by atoms with E-state index in [1.807, 2.05) is 30.3 Å². The van der Waals surface area contributed by atoms with Crippen molar-refractivity contribution in [1.82, 2.24) is 0 Å². The van der Waals surface area contributed by atoms with Gasteiger partial charge in [0, 0.05) is 0 Å². The van der Waals surface area contributed by atoms with Gasteiger partial charge in [0.1, 0.15) is 0 Å². The molecule has 0 aliphatic carbocycles. The second kappa shape index (κ2) is 9.61. The molecule has 0 atom stereocenters. The van der Waals surface area contributed by atoms with Crippen LogP contribution in [-0.2, 0) is 6.61 Å². The number of carbonyl (C=O) groups excluding carboxylic acids is 1. The molecule has 0 aliphatic heterocycles. The van der Waals surface area contributed by atoms with Crippen molar-refractivity contribution in [1.29, 1.82) is 0 Å². The summed E-state index contributed by atoms with van der Waals surface area (Å²) in [7, 11) is 0. The first-order valence-electron chi connectivity index (χ1n) is 7.37. The quantitative estimate of drug-likeness (QED) is 0.305. The van der Waals surface area contributed by atoms with Crippen molar-refractivity contribution >= 4 is 32.1 Å². The molecule has 0 heterocycles. The van der Waals surface area contributed by atoms with E-state index in [1.165, 1.54) is 36.2 Å². The molecule has 0 aromatic heterocycles. The maximum absolute atomic E-state index is 10.9. The Bertz CT molecular complexity index is 584. The molecule has 4 heteroatoms. The summed E-state index contributed by atoms with van der Waals surface area (Å²) in [6.45, 7) is 1.14. The molecule has 0 bridgehead atoms. The van der Waals surface area contributed by atoms with Crippen LogP contribution in [0.3, 0.4) is 0 Å². The Kier molecular flexibility index (Phi) is 7.42. The normalized spacial score (nSPS) is 10.2. The van der Waals surface area contributed by atoms with Gasteiger partial charge in [0.2, 0.25) is 0 Å². The van der Waals surface area contributed by atoms with Crippen LogP contribution in [0.15, 0.2) is 48.5 Å². The van der Waals surface area contributed by atoms with E-state index in [0.717, 1.165) is 18.3 Å². The van der Waals surface area contributed by atoms with E-state index in [1.54, 1.807) is 18.2 Å². The summed E-state index contributed by atoms with van der Waals surface area (Å²) in [6, 6.07) is 15.3. The Hall–Kier alpha value is -1.37. The van der Waals surface area contributed by atoms with Crippen molar-refractivity contribution in [2.24, 2.45) is 0 Å². The monoisotopic (exact) mass is 491 g/mol. The van der Waals surface area contributed by atoms with Gasteiger partial charge < -0.3 is 0 Å². The minimum absolute atomic E-state index is 0.484. The average Bonchev–Trinajstić information content (AvgIpc) is 2.58. The van der Waals surface area contributed by atoms with E-state index in [4.69, 9.17) is 9.47 Å². The van der Waals surface area contributed by atoms with Crippen LogP contribution in [0.2, 0.25) is 3.98 Å². The molecular weight excluding hydrogens is 471 g/mol. The van der Waals surface area contributed by atoms with E-state index in [9.17, 15) is 4.79 Å². The van der Waals surface area contributed by atoms with Crippen LogP contribution < -0.4 is 9.47 Å². The molecular formula is C18H19O3Pb. The van der Waals surface area contributed by atoms with Gasteiger partial charge in [-0.3, -0.25) is 0 Å². The van der Waals surface area contributed by atoms with Gasteiger partial charge in [0.25, 0.3) is 0 Å². The molecule has 3 nitrogen and oxygen atoms in total. The zero-order valence-electron chi connectivity index (χ0n) is 12.5. The second-order valence-electron chi connectivity index (χ2n) is 4.90. The van der Waals surface area contributed by atoms with E-state index in [2.05, 4.69) is 0 Å². The van der Waals surface area contributed by atoms with Crippen molar-refractivity contribution in [3.63, 3.8) is 0 Å². The van der Waals surface area contributed by atoms with Crippen LogP contribution in [0.4, 0.5) is 0 Å². The topological polar surface area (TPSA) is 35.5 Å². The third-order valence-corrected chi connectivity index (χ3v) is 4.54. The fraction of sp³-hybridized carbons (Fsp3) is 0.278. The summed E-state index contributed by atoms with van der Waals surface area (Å²) in [5, 5.41) is 0. The SMILES string of the molecule is O=Cc1ccc(OCc2ccccc2)c(OCCC[CH2][Pb])c1. The van der Waals surface area contributed by atoms with Crippen LogP contribution in [-0.4, -0.2) is 38.7 Å². The molecule has 0 fully saturated rings. The zero-order valence-corrected chi connectivity index (χ0v) is 16.3. The molecule has 2 aromatic rings. The van der Waals surface area contributed by atoms with Gasteiger partial charge in [0.15, 0.2) is 0 Å². The molecule has 0 aliphatic rings. The van der Waals surface area contributed by atoms with Crippen molar-refractivity contribution < 1.29 is 14.3 Å². The van der Waals surface area contributed by atoms with Gasteiger partial charge in [0.05, 0.1) is 0 Å². The Labute approximate surface area is 147 Å². The predicted molar refractivity (Wildman–Crippen MR) is 87.9 cm³/mol. The summed E-state index contributed by atoms with van der Waals surface area (Å²) < 4.78 is 12.9. The van der Waals surface area contributed by atoms with Crippen LogP contribution in [0, 0.1) is 0 Å². The number of hydrogen-bond acceptors (Lipinski definition) is 3. The second-order valence-corrected chi connectivity index (χ2v) is 6.85. The third kappa shape index (κ3) is 5.44. The number of unbranched alkanes of at least 4 members (excludes halogenated alkanes) is 1.